The first-order valence-corrected chi connectivity index (χ1v) is 12.9. The summed E-state index contributed by atoms with van der Waals surface area (Å²) in [6.07, 6.45) is 0.0144. The summed E-state index contributed by atoms with van der Waals surface area (Å²) in [6.45, 7) is 5.32. The Labute approximate surface area is 228 Å². The van der Waals surface area contributed by atoms with Gasteiger partial charge in [0.2, 0.25) is 11.8 Å². The van der Waals surface area contributed by atoms with Crippen molar-refractivity contribution >= 4 is 29.2 Å². The van der Waals surface area contributed by atoms with E-state index in [-0.39, 0.29) is 29.3 Å². The number of fused-ring (bicyclic) bond motifs is 1. The standard InChI is InChI=1S/C28H29N5O7/c1-15(2)14-28(27(37)38)22-21(24(34)31(26(22)36)18-11-8-12-19(13-18)33(39)40)23(29-28)20-16(3)30(4)32(25(20)35)17-9-6-5-7-10-17/h5-13,15,21-23,29H,14H2,1-4H3,(H,37,38). The van der Waals surface area contributed by atoms with Gasteiger partial charge in [-0.15, -0.1) is 0 Å². The van der Waals surface area contributed by atoms with Crippen molar-refractivity contribution in [3.8, 4) is 5.69 Å². The number of amides is 2. The van der Waals surface area contributed by atoms with Crippen LogP contribution >= 0.6 is 0 Å². The van der Waals surface area contributed by atoms with Crippen LogP contribution in [0.3, 0.4) is 0 Å². The van der Waals surface area contributed by atoms with Gasteiger partial charge in [0, 0.05) is 24.9 Å². The zero-order valence-corrected chi connectivity index (χ0v) is 22.4. The molecule has 0 spiro atoms. The Morgan fingerprint density at radius 1 is 1.07 bits per heavy atom. The second-order valence-corrected chi connectivity index (χ2v) is 10.8. The molecule has 3 aromatic rings. The van der Waals surface area contributed by atoms with Gasteiger partial charge in [0.1, 0.15) is 5.54 Å². The van der Waals surface area contributed by atoms with Gasteiger partial charge in [0.15, 0.2) is 0 Å². The smallest absolute Gasteiger partial charge is 0.324 e. The van der Waals surface area contributed by atoms with Crippen molar-refractivity contribution in [2.45, 2.75) is 38.8 Å². The van der Waals surface area contributed by atoms with Gasteiger partial charge >= 0.3 is 5.97 Å². The molecule has 0 bridgehead atoms. The lowest BCUT2D eigenvalue weighted by Gasteiger charge is -2.32. The van der Waals surface area contributed by atoms with Crippen LogP contribution in [0.4, 0.5) is 11.4 Å². The Hall–Kier alpha value is -4.58. The highest BCUT2D eigenvalue weighted by molar-refractivity contribution is 6.24. The number of nitro benzene ring substituents is 1. The summed E-state index contributed by atoms with van der Waals surface area (Å²) in [4.78, 5) is 66.5. The zero-order chi connectivity index (χ0) is 29.1. The third-order valence-electron chi connectivity index (χ3n) is 7.97. The summed E-state index contributed by atoms with van der Waals surface area (Å²) >= 11 is 0. The van der Waals surface area contributed by atoms with Crippen molar-refractivity contribution < 1.29 is 24.4 Å². The van der Waals surface area contributed by atoms with Crippen molar-refractivity contribution in [2.75, 3.05) is 4.90 Å². The van der Waals surface area contributed by atoms with Crippen LogP contribution < -0.4 is 15.8 Å². The lowest BCUT2D eigenvalue weighted by Crippen LogP contribution is -2.56. The van der Waals surface area contributed by atoms with Crippen LogP contribution in [0, 0.1) is 34.8 Å². The van der Waals surface area contributed by atoms with Gasteiger partial charge in [-0.05, 0) is 37.5 Å². The first kappa shape index (κ1) is 27.0. The van der Waals surface area contributed by atoms with E-state index < -0.39 is 51.7 Å². The highest BCUT2D eigenvalue weighted by Gasteiger charge is 2.69. The molecule has 12 nitrogen and oxygen atoms in total. The van der Waals surface area contributed by atoms with Crippen molar-refractivity contribution in [1.29, 1.82) is 0 Å². The van der Waals surface area contributed by atoms with Gasteiger partial charge in [0.05, 0.1) is 39.7 Å². The van der Waals surface area contributed by atoms with E-state index in [1.165, 1.54) is 22.9 Å². The molecule has 0 saturated carbocycles. The van der Waals surface area contributed by atoms with Gasteiger partial charge in [0.25, 0.3) is 11.2 Å². The highest BCUT2D eigenvalue weighted by atomic mass is 16.6. The lowest BCUT2D eigenvalue weighted by atomic mass is 9.75. The Morgan fingerprint density at radius 2 is 1.73 bits per heavy atom. The van der Waals surface area contributed by atoms with Crippen LogP contribution in [0.1, 0.15) is 37.6 Å². The summed E-state index contributed by atoms with van der Waals surface area (Å²) in [7, 11) is 1.69. The first-order chi connectivity index (χ1) is 18.9. The van der Waals surface area contributed by atoms with E-state index in [2.05, 4.69) is 5.32 Å². The van der Waals surface area contributed by atoms with E-state index in [0.717, 1.165) is 11.0 Å². The van der Waals surface area contributed by atoms with Crippen LogP contribution in [0.25, 0.3) is 5.69 Å². The van der Waals surface area contributed by atoms with E-state index >= 15 is 0 Å². The Balaban J connectivity index is 1.72. The number of nitrogens with one attached hydrogen (secondary N) is 1. The van der Waals surface area contributed by atoms with E-state index in [4.69, 9.17) is 0 Å². The minimum Gasteiger partial charge on any atom is -0.480 e. The predicted molar refractivity (Wildman–Crippen MR) is 144 cm³/mol. The third kappa shape index (κ3) is 3.86. The molecule has 4 unspecified atom stereocenters. The molecule has 2 amide bonds. The number of anilines is 1. The molecule has 2 fully saturated rings. The quantitative estimate of drug-likeness (QED) is 0.260. The Kier molecular flexibility index (Phi) is 6.45. The largest absolute Gasteiger partial charge is 0.480 e. The number of nitrogens with zero attached hydrogens (tertiary/aromatic N) is 4. The van der Waals surface area contributed by atoms with Gasteiger partial charge in [-0.25, -0.2) is 9.58 Å². The molecule has 12 heteroatoms. The maximum absolute atomic E-state index is 14.0. The molecule has 1 aromatic heterocycles. The molecule has 4 atom stereocenters. The number of nitro groups is 1. The summed E-state index contributed by atoms with van der Waals surface area (Å²) < 4.78 is 3.07. The molecule has 0 radical (unpaired) electrons. The maximum atomic E-state index is 14.0. The molecule has 2 N–H and O–H groups in total. The summed E-state index contributed by atoms with van der Waals surface area (Å²) in [5.41, 5.74) is -1.35. The molecule has 2 saturated heterocycles. The minimum absolute atomic E-state index is 0.0144. The van der Waals surface area contributed by atoms with E-state index in [1.807, 2.05) is 19.9 Å². The summed E-state index contributed by atoms with van der Waals surface area (Å²) in [5, 5.41) is 25.0. The number of aliphatic carboxylic acids is 1. The third-order valence-corrected chi connectivity index (χ3v) is 7.97. The second kappa shape index (κ2) is 9.56. The van der Waals surface area contributed by atoms with Crippen LogP contribution in [-0.4, -0.2) is 42.7 Å². The maximum Gasteiger partial charge on any atom is 0.324 e. The highest BCUT2D eigenvalue weighted by Crippen LogP contribution is 2.52. The topological polar surface area (TPSA) is 157 Å². The van der Waals surface area contributed by atoms with Crippen molar-refractivity contribution in [3.63, 3.8) is 0 Å². The molecule has 2 aliphatic heterocycles. The molecular weight excluding hydrogens is 518 g/mol. The van der Waals surface area contributed by atoms with Gasteiger partial charge in [-0.3, -0.25) is 39.3 Å². The van der Waals surface area contributed by atoms with Crippen LogP contribution in [-0.2, 0) is 21.4 Å². The number of carboxylic acids is 1. The van der Waals surface area contributed by atoms with Crippen LogP contribution in [0.15, 0.2) is 59.4 Å². The van der Waals surface area contributed by atoms with E-state index in [1.54, 1.807) is 42.9 Å². The van der Waals surface area contributed by atoms with E-state index in [9.17, 15) is 34.4 Å². The number of hydrogen-bond acceptors (Lipinski definition) is 7. The zero-order valence-electron chi connectivity index (χ0n) is 22.4. The molecular formula is C28H29N5O7. The van der Waals surface area contributed by atoms with Crippen molar-refractivity contribution in [1.82, 2.24) is 14.7 Å². The van der Waals surface area contributed by atoms with Crippen molar-refractivity contribution in [2.24, 2.45) is 24.8 Å². The number of aromatic nitrogens is 2. The number of rotatable bonds is 7. The first-order valence-electron chi connectivity index (χ1n) is 12.9. The molecule has 3 heterocycles. The summed E-state index contributed by atoms with van der Waals surface area (Å²) in [5.74, 6) is -5.54. The molecule has 40 heavy (non-hydrogen) atoms. The molecule has 208 valence electrons. The normalized spacial score (nSPS) is 24.1. The number of imide groups is 1. The minimum atomic E-state index is -1.85. The SMILES string of the molecule is Cc1c(C2NC(CC(C)C)(C(=O)O)C3C(=O)N(c4cccc([N+](=O)[O-])c4)C(=O)C23)c(=O)n(-c2ccccc2)n1C. The average molecular weight is 548 g/mol. The number of carboxylic acid groups (broad SMARTS) is 1. The van der Waals surface area contributed by atoms with Crippen molar-refractivity contribution in [3.05, 3.63) is 86.3 Å². The number of para-hydroxylation sites is 1. The number of carbonyl (C=O) groups excluding carboxylic acids is 2. The average Bonchev–Trinajstić information content (AvgIpc) is 3.45. The van der Waals surface area contributed by atoms with E-state index in [0.29, 0.717) is 11.4 Å². The lowest BCUT2D eigenvalue weighted by molar-refractivity contribution is -0.384. The Morgan fingerprint density at radius 3 is 2.33 bits per heavy atom. The molecule has 5 rings (SSSR count). The van der Waals surface area contributed by atoms with Gasteiger partial charge in [-0.2, -0.15) is 0 Å². The number of benzene rings is 2. The second-order valence-electron chi connectivity index (χ2n) is 10.8. The fourth-order valence-electron chi connectivity index (χ4n) is 6.31. The van der Waals surface area contributed by atoms with Gasteiger partial charge < -0.3 is 5.11 Å². The number of hydrogen-bond donors (Lipinski definition) is 2. The predicted octanol–water partition coefficient (Wildman–Crippen LogP) is 2.71. The fraction of sp³-hybridized carbons (Fsp3) is 0.357. The Bertz CT molecular complexity index is 1610. The molecule has 2 aromatic carbocycles. The van der Waals surface area contributed by atoms with Crippen LogP contribution in [0.2, 0.25) is 0 Å². The monoisotopic (exact) mass is 547 g/mol. The van der Waals surface area contributed by atoms with Crippen LogP contribution in [0.5, 0.6) is 0 Å². The number of non-ortho nitro benzene ring substituents is 1. The van der Waals surface area contributed by atoms with Gasteiger partial charge in [-0.1, -0.05) is 38.1 Å². The number of carbonyl (C=O) groups is 3. The summed E-state index contributed by atoms with van der Waals surface area (Å²) in [6, 6.07) is 12.9. The molecule has 2 aliphatic rings. The molecule has 0 aliphatic carbocycles. The fourth-order valence-corrected chi connectivity index (χ4v) is 6.31.